The molecule has 0 radical (unpaired) electrons. The van der Waals surface area contributed by atoms with Crippen LogP contribution in [-0.4, -0.2) is 101 Å². The number of benzene rings is 1. The number of aromatic nitrogens is 3. The summed E-state index contributed by atoms with van der Waals surface area (Å²) >= 11 is 0. The van der Waals surface area contributed by atoms with Gasteiger partial charge >= 0.3 is 29.0 Å². The van der Waals surface area contributed by atoms with Crippen LogP contribution in [0.2, 0.25) is 0 Å². The van der Waals surface area contributed by atoms with E-state index in [1.54, 1.807) is 0 Å². The Morgan fingerprint density at radius 1 is 0.683 bits per heavy atom. The molecular formula is C26H35N3O12. The summed E-state index contributed by atoms with van der Waals surface area (Å²) in [6, 6.07) is 6.05. The minimum atomic E-state index is -0.594. The maximum Gasteiger partial charge on any atom is 0.337 e. The Hall–Kier alpha value is -3.63. The fourth-order valence-electron chi connectivity index (χ4n) is 3.48. The first kappa shape index (κ1) is 31.9. The number of unbranched alkanes of at least 4 members (excludes halogenated alkanes) is 1. The second kappa shape index (κ2) is 15.4. The van der Waals surface area contributed by atoms with E-state index in [-0.39, 0.29) is 51.2 Å². The van der Waals surface area contributed by atoms with Crippen molar-refractivity contribution in [2.24, 2.45) is 0 Å². The molecule has 4 heterocycles. The van der Waals surface area contributed by atoms with E-state index in [0.717, 1.165) is 26.5 Å². The summed E-state index contributed by atoms with van der Waals surface area (Å²) in [5.41, 5.74) is -0.975. The van der Waals surface area contributed by atoms with Crippen LogP contribution in [0.4, 0.5) is 0 Å². The van der Waals surface area contributed by atoms with Crippen LogP contribution in [0.3, 0.4) is 0 Å². The number of aliphatic hydroxyl groups excluding tert-OH is 2. The molecule has 1 aromatic carbocycles. The summed E-state index contributed by atoms with van der Waals surface area (Å²) in [5, 5.41) is 16.2. The summed E-state index contributed by atoms with van der Waals surface area (Å²) in [6.07, 6.45) is 1.07. The highest BCUT2D eigenvalue weighted by atomic mass is 16.6. The van der Waals surface area contributed by atoms with E-state index in [1.807, 2.05) is 0 Å². The molecule has 3 atom stereocenters. The minimum absolute atomic E-state index is 0.121. The zero-order valence-corrected chi connectivity index (χ0v) is 22.9. The Labute approximate surface area is 234 Å². The van der Waals surface area contributed by atoms with Crippen molar-refractivity contribution in [3.63, 3.8) is 0 Å². The number of ether oxygens (including phenoxy) is 5. The Bertz CT molecular complexity index is 1170. The number of carbonyl (C=O) groups excluding carboxylic acids is 2. The van der Waals surface area contributed by atoms with E-state index in [2.05, 4.69) is 9.47 Å². The Morgan fingerprint density at radius 3 is 1.15 bits per heavy atom. The van der Waals surface area contributed by atoms with E-state index in [4.69, 9.17) is 24.4 Å². The highest BCUT2D eigenvalue weighted by Crippen LogP contribution is 2.12. The summed E-state index contributed by atoms with van der Waals surface area (Å²) in [6.45, 7) is 2.51. The lowest BCUT2D eigenvalue weighted by molar-refractivity contribution is 0.0586. The third-order valence-electron chi connectivity index (χ3n) is 6.04. The number of nitrogens with zero attached hydrogens (tertiary/aromatic N) is 3. The van der Waals surface area contributed by atoms with E-state index >= 15 is 0 Å². The van der Waals surface area contributed by atoms with Crippen molar-refractivity contribution in [3.8, 4) is 0 Å². The van der Waals surface area contributed by atoms with Gasteiger partial charge in [-0.25, -0.2) is 37.7 Å². The molecule has 0 aliphatic carbocycles. The number of esters is 2. The van der Waals surface area contributed by atoms with Gasteiger partial charge < -0.3 is 33.9 Å². The van der Waals surface area contributed by atoms with Crippen LogP contribution in [0, 0.1) is 0 Å². The number of aliphatic hydroxyl groups is 2. The molecule has 41 heavy (non-hydrogen) atoms. The molecule has 2 N–H and O–H groups in total. The predicted molar refractivity (Wildman–Crippen MR) is 141 cm³/mol. The maximum atomic E-state index is 12.4. The van der Waals surface area contributed by atoms with Gasteiger partial charge in [-0.05, 0) is 37.1 Å². The molecule has 15 nitrogen and oxygen atoms in total. The van der Waals surface area contributed by atoms with Crippen LogP contribution in [-0.2, 0) is 43.3 Å². The molecule has 0 bridgehead atoms. The number of hydrogen-bond acceptors (Lipinski definition) is 12. The van der Waals surface area contributed by atoms with Gasteiger partial charge in [0.05, 0.1) is 83.1 Å². The lowest BCUT2D eigenvalue weighted by Crippen LogP contribution is -2.55. The van der Waals surface area contributed by atoms with Gasteiger partial charge in [0, 0.05) is 13.2 Å². The van der Waals surface area contributed by atoms with Gasteiger partial charge in [0.25, 0.3) is 0 Å². The second-order valence-corrected chi connectivity index (χ2v) is 9.26. The van der Waals surface area contributed by atoms with Crippen molar-refractivity contribution in [2.75, 3.05) is 47.3 Å². The smallest absolute Gasteiger partial charge is 0.337 e. The first-order chi connectivity index (χ1) is 19.7. The van der Waals surface area contributed by atoms with E-state index in [0.29, 0.717) is 30.9 Å². The third kappa shape index (κ3) is 9.75. The number of hydrogen-bond donors (Lipinski definition) is 2. The van der Waals surface area contributed by atoms with E-state index in [1.165, 1.54) is 38.5 Å². The zero-order chi connectivity index (χ0) is 29.9. The van der Waals surface area contributed by atoms with Gasteiger partial charge in [-0.1, -0.05) is 0 Å². The minimum Gasteiger partial charge on any atom is -0.465 e. The van der Waals surface area contributed by atoms with Crippen LogP contribution in [0.25, 0.3) is 0 Å². The molecule has 226 valence electrons. The van der Waals surface area contributed by atoms with Gasteiger partial charge in [-0.2, -0.15) is 0 Å². The molecule has 0 amide bonds. The lowest BCUT2D eigenvalue weighted by Gasteiger charge is -2.12. The van der Waals surface area contributed by atoms with Gasteiger partial charge in [0.15, 0.2) is 0 Å². The molecule has 3 aliphatic heterocycles. The Morgan fingerprint density at radius 2 is 0.951 bits per heavy atom. The van der Waals surface area contributed by atoms with Gasteiger partial charge in [0.1, 0.15) is 0 Å². The summed E-state index contributed by atoms with van der Waals surface area (Å²) < 4.78 is 27.5. The topological polar surface area (TPSA) is 197 Å². The fourth-order valence-corrected chi connectivity index (χ4v) is 3.48. The first-order valence-electron chi connectivity index (χ1n) is 13.0. The van der Waals surface area contributed by atoms with Crippen LogP contribution in [0.5, 0.6) is 0 Å². The average Bonchev–Trinajstić information content (AvgIpc) is 3.82. The van der Waals surface area contributed by atoms with E-state index < -0.39 is 29.0 Å². The van der Waals surface area contributed by atoms with Gasteiger partial charge in [0.2, 0.25) is 0 Å². The average molecular weight is 582 g/mol. The van der Waals surface area contributed by atoms with Crippen LogP contribution in [0.1, 0.15) is 33.6 Å². The van der Waals surface area contributed by atoms with Crippen LogP contribution in [0.15, 0.2) is 38.6 Å². The van der Waals surface area contributed by atoms with Crippen molar-refractivity contribution in [2.45, 2.75) is 50.8 Å². The summed E-state index contributed by atoms with van der Waals surface area (Å²) in [7, 11) is 2.60. The van der Waals surface area contributed by atoms with E-state index in [9.17, 15) is 24.0 Å². The zero-order valence-electron chi connectivity index (χ0n) is 22.9. The van der Waals surface area contributed by atoms with Crippen molar-refractivity contribution < 1.29 is 43.5 Å². The van der Waals surface area contributed by atoms with Crippen molar-refractivity contribution in [1.29, 1.82) is 0 Å². The molecule has 3 aliphatic rings. The molecule has 0 spiro atoms. The first-order valence-corrected chi connectivity index (χ1v) is 13.0. The van der Waals surface area contributed by atoms with Crippen molar-refractivity contribution in [3.05, 3.63) is 66.8 Å². The largest absolute Gasteiger partial charge is 0.465 e. The lowest BCUT2D eigenvalue weighted by atomic mass is 10.1. The maximum absolute atomic E-state index is 12.4. The quantitative estimate of drug-likeness (QED) is 0.175. The molecule has 3 saturated heterocycles. The number of carbonyl (C=O) groups is 2. The van der Waals surface area contributed by atoms with Crippen LogP contribution >= 0.6 is 0 Å². The molecule has 1 aromatic heterocycles. The summed E-state index contributed by atoms with van der Waals surface area (Å²) in [4.78, 5) is 59.1. The molecular weight excluding hydrogens is 546 g/mol. The molecule has 2 aromatic rings. The SMILES string of the molecule is COC(=O)c1ccc(C(=O)OC)cc1.O=c1n(CC2CO2)c(=O)n(CC2CO2)c(=O)n1CC1CO1.OCCCCO. The Balaban J connectivity index is 0.000000200. The van der Waals surface area contributed by atoms with Crippen molar-refractivity contribution >= 4 is 11.9 Å². The van der Waals surface area contributed by atoms with Gasteiger partial charge in [-0.3, -0.25) is 0 Å². The molecule has 3 fully saturated rings. The van der Waals surface area contributed by atoms with Crippen LogP contribution < -0.4 is 17.1 Å². The number of rotatable bonds is 11. The highest BCUT2D eigenvalue weighted by molar-refractivity contribution is 5.93. The normalized spacial score (nSPS) is 19.6. The molecule has 5 rings (SSSR count). The Kier molecular flexibility index (Phi) is 12.0. The second-order valence-electron chi connectivity index (χ2n) is 9.26. The summed E-state index contributed by atoms with van der Waals surface area (Å²) in [5.74, 6) is -0.858. The monoisotopic (exact) mass is 581 g/mol. The fraction of sp³-hybridized carbons (Fsp3) is 0.577. The molecule has 0 saturated carbocycles. The highest BCUT2D eigenvalue weighted by Gasteiger charge is 2.31. The number of epoxide rings is 3. The van der Waals surface area contributed by atoms with Crippen molar-refractivity contribution in [1.82, 2.24) is 13.7 Å². The number of methoxy groups -OCH3 is 2. The van der Waals surface area contributed by atoms with Gasteiger partial charge in [-0.15, -0.1) is 0 Å². The third-order valence-corrected chi connectivity index (χ3v) is 6.04. The standard InChI is InChI=1S/C12H15N3O6.C10H10O4.C4H10O2/c16-10-13(1-7-4-19-7)11(17)15(3-9-6-21-9)12(18)14(10)2-8-5-20-8;1-13-9(11)7-3-5-8(6-4-7)10(12)14-2;5-3-1-2-4-6/h7-9H,1-6H2;3-6H,1-2H3;5-6H,1-4H2. The molecule has 3 unspecified atom stereocenters. The predicted octanol–water partition coefficient (Wildman–Crippen LogP) is -1.62. The molecule has 15 heteroatoms.